The second-order valence-electron chi connectivity index (χ2n) is 3.65. The van der Waals surface area contributed by atoms with Crippen molar-refractivity contribution in [3.63, 3.8) is 0 Å². The van der Waals surface area contributed by atoms with Crippen LogP contribution in [0.1, 0.15) is 18.6 Å². The van der Waals surface area contributed by atoms with Crippen molar-refractivity contribution >= 4 is 11.6 Å². The van der Waals surface area contributed by atoms with Gasteiger partial charge < -0.3 is 10.1 Å². The van der Waals surface area contributed by atoms with Crippen molar-refractivity contribution in [2.24, 2.45) is 0 Å². The van der Waals surface area contributed by atoms with Gasteiger partial charge in [0.15, 0.2) is 0 Å². The van der Waals surface area contributed by atoms with Gasteiger partial charge in [0.25, 0.3) is 0 Å². The van der Waals surface area contributed by atoms with Gasteiger partial charge >= 0.3 is 0 Å². The molecule has 1 aromatic carbocycles. The number of hydrogen-bond donors (Lipinski definition) is 1. The van der Waals surface area contributed by atoms with Crippen LogP contribution in [0.5, 0.6) is 0 Å². The van der Waals surface area contributed by atoms with Crippen molar-refractivity contribution < 1.29 is 4.74 Å². The molecular weight excluding hydrogens is 198 g/mol. The Labute approximate surface area is 89.2 Å². The predicted octanol–water partition coefficient (Wildman–Crippen LogP) is 2.39. The Balaban J connectivity index is 2.14. The maximum atomic E-state index is 5.92. The van der Waals surface area contributed by atoms with E-state index in [0.29, 0.717) is 0 Å². The molecule has 1 aliphatic rings. The highest BCUT2D eigenvalue weighted by Crippen LogP contribution is 2.23. The van der Waals surface area contributed by atoms with Gasteiger partial charge in [-0.2, -0.15) is 0 Å². The summed E-state index contributed by atoms with van der Waals surface area (Å²) in [6.07, 6.45) is 0.408. The molecule has 1 aromatic rings. The summed E-state index contributed by atoms with van der Waals surface area (Å²) in [5, 5.41) is 4.10. The molecular formula is C11H14ClNO. The van der Waals surface area contributed by atoms with Gasteiger partial charge in [-0.1, -0.05) is 23.7 Å². The summed E-state index contributed by atoms with van der Waals surface area (Å²) in [6.45, 7) is 3.87. The van der Waals surface area contributed by atoms with Crippen LogP contribution >= 0.6 is 11.6 Å². The lowest BCUT2D eigenvalue weighted by molar-refractivity contribution is -0.0287. The first-order valence-corrected chi connectivity index (χ1v) is 5.25. The number of nitrogens with one attached hydrogen (secondary N) is 1. The normalized spacial score (nSPS) is 27.6. The molecule has 2 atom stereocenters. The molecule has 76 valence electrons. The zero-order chi connectivity index (χ0) is 9.97. The first-order chi connectivity index (χ1) is 6.75. The molecule has 1 fully saturated rings. The third-order valence-corrected chi connectivity index (χ3v) is 2.61. The lowest BCUT2D eigenvalue weighted by Gasteiger charge is -2.29. The van der Waals surface area contributed by atoms with Gasteiger partial charge in [0.1, 0.15) is 0 Å². The van der Waals surface area contributed by atoms with E-state index in [-0.39, 0.29) is 12.2 Å². The monoisotopic (exact) mass is 211 g/mol. The average molecular weight is 212 g/mol. The van der Waals surface area contributed by atoms with E-state index in [1.54, 1.807) is 0 Å². The summed E-state index contributed by atoms with van der Waals surface area (Å²) in [7, 11) is 0. The number of rotatable bonds is 1. The zero-order valence-electron chi connectivity index (χ0n) is 8.16. The molecule has 1 heterocycles. The van der Waals surface area contributed by atoms with Crippen molar-refractivity contribution in [2.75, 3.05) is 13.1 Å². The first kappa shape index (κ1) is 9.97. The molecule has 1 aliphatic heterocycles. The number of morpholine rings is 1. The van der Waals surface area contributed by atoms with E-state index < -0.39 is 0 Å². The van der Waals surface area contributed by atoms with E-state index in [1.807, 2.05) is 18.2 Å². The second kappa shape index (κ2) is 4.30. The fourth-order valence-electron chi connectivity index (χ4n) is 1.70. The van der Waals surface area contributed by atoms with Gasteiger partial charge in [-0.3, -0.25) is 0 Å². The van der Waals surface area contributed by atoms with Gasteiger partial charge in [-0.15, -0.1) is 0 Å². The largest absolute Gasteiger partial charge is 0.368 e. The van der Waals surface area contributed by atoms with Crippen LogP contribution in [-0.4, -0.2) is 19.2 Å². The summed E-state index contributed by atoms with van der Waals surface area (Å²) in [4.78, 5) is 0. The van der Waals surface area contributed by atoms with Gasteiger partial charge in [0, 0.05) is 18.1 Å². The van der Waals surface area contributed by atoms with Crippen molar-refractivity contribution in [3.05, 3.63) is 34.9 Å². The summed E-state index contributed by atoms with van der Waals surface area (Å²) < 4.78 is 5.81. The molecule has 0 radical (unpaired) electrons. The third-order valence-electron chi connectivity index (χ3n) is 2.38. The van der Waals surface area contributed by atoms with Crippen LogP contribution in [-0.2, 0) is 4.74 Å². The van der Waals surface area contributed by atoms with E-state index >= 15 is 0 Å². The molecule has 3 heteroatoms. The van der Waals surface area contributed by atoms with Crippen molar-refractivity contribution in [2.45, 2.75) is 19.1 Å². The summed E-state index contributed by atoms with van der Waals surface area (Å²) in [5.74, 6) is 0. The molecule has 0 amide bonds. The molecule has 2 rings (SSSR count). The molecule has 0 spiro atoms. The molecule has 2 nitrogen and oxygen atoms in total. The molecule has 0 aromatic heterocycles. The maximum Gasteiger partial charge on any atom is 0.0954 e. The SMILES string of the molecule is CC1CNCC(c2cccc(Cl)c2)O1. The molecule has 0 bridgehead atoms. The minimum absolute atomic E-state index is 0.137. The highest BCUT2D eigenvalue weighted by atomic mass is 35.5. The van der Waals surface area contributed by atoms with Crippen LogP contribution in [0, 0.1) is 0 Å². The Morgan fingerprint density at radius 1 is 1.43 bits per heavy atom. The van der Waals surface area contributed by atoms with E-state index in [0.717, 1.165) is 23.7 Å². The van der Waals surface area contributed by atoms with Gasteiger partial charge in [-0.25, -0.2) is 0 Å². The third kappa shape index (κ3) is 2.27. The quantitative estimate of drug-likeness (QED) is 0.770. The van der Waals surface area contributed by atoms with E-state index in [9.17, 15) is 0 Å². The summed E-state index contributed by atoms with van der Waals surface area (Å²) in [5.41, 5.74) is 1.15. The summed E-state index contributed by atoms with van der Waals surface area (Å²) >= 11 is 5.92. The van der Waals surface area contributed by atoms with Crippen LogP contribution in [0.2, 0.25) is 5.02 Å². The minimum Gasteiger partial charge on any atom is -0.368 e. The highest BCUT2D eigenvalue weighted by molar-refractivity contribution is 6.30. The highest BCUT2D eigenvalue weighted by Gasteiger charge is 2.20. The summed E-state index contributed by atoms with van der Waals surface area (Å²) in [6, 6.07) is 7.85. The Kier molecular flexibility index (Phi) is 3.06. The fourth-order valence-corrected chi connectivity index (χ4v) is 1.90. The fraction of sp³-hybridized carbons (Fsp3) is 0.455. The van der Waals surface area contributed by atoms with Crippen molar-refractivity contribution in [1.29, 1.82) is 0 Å². The lowest BCUT2D eigenvalue weighted by Crippen LogP contribution is -2.38. The smallest absolute Gasteiger partial charge is 0.0954 e. The van der Waals surface area contributed by atoms with Gasteiger partial charge in [-0.05, 0) is 24.6 Å². The van der Waals surface area contributed by atoms with Gasteiger partial charge in [0.05, 0.1) is 12.2 Å². The molecule has 14 heavy (non-hydrogen) atoms. The van der Waals surface area contributed by atoms with Crippen molar-refractivity contribution in [3.8, 4) is 0 Å². The predicted molar refractivity (Wildman–Crippen MR) is 57.6 cm³/mol. The lowest BCUT2D eigenvalue weighted by atomic mass is 10.1. The van der Waals surface area contributed by atoms with Crippen LogP contribution < -0.4 is 5.32 Å². The number of halogens is 1. The second-order valence-corrected chi connectivity index (χ2v) is 4.09. The number of hydrogen-bond acceptors (Lipinski definition) is 2. The van der Waals surface area contributed by atoms with E-state index in [2.05, 4.69) is 18.3 Å². The van der Waals surface area contributed by atoms with E-state index in [4.69, 9.17) is 16.3 Å². The van der Waals surface area contributed by atoms with Crippen LogP contribution in [0.4, 0.5) is 0 Å². The van der Waals surface area contributed by atoms with Crippen LogP contribution in [0.15, 0.2) is 24.3 Å². The zero-order valence-corrected chi connectivity index (χ0v) is 8.92. The van der Waals surface area contributed by atoms with E-state index in [1.165, 1.54) is 0 Å². The number of ether oxygens (including phenoxy) is 1. The average Bonchev–Trinajstić information content (AvgIpc) is 2.18. The maximum absolute atomic E-state index is 5.92. The van der Waals surface area contributed by atoms with Gasteiger partial charge in [0.2, 0.25) is 0 Å². The Hall–Kier alpha value is -0.570. The molecule has 1 saturated heterocycles. The number of benzene rings is 1. The Bertz CT molecular complexity index is 316. The van der Waals surface area contributed by atoms with Crippen LogP contribution in [0.3, 0.4) is 0 Å². The standard InChI is InChI=1S/C11H14ClNO/c1-8-6-13-7-11(14-8)9-3-2-4-10(12)5-9/h2-5,8,11,13H,6-7H2,1H3. The minimum atomic E-state index is 0.137. The van der Waals surface area contributed by atoms with Crippen molar-refractivity contribution in [1.82, 2.24) is 5.32 Å². The molecule has 2 unspecified atom stereocenters. The molecule has 0 aliphatic carbocycles. The Morgan fingerprint density at radius 3 is 3.00 bits per heavy atom. The molecule has 1 N–H and O–H groups in total. The topological polar surface area (TPSA) is 21.3 Å². The molecule has 0 saturated carbocycles. The first-order valence-electron chi connectivity index (χ1n) is 4.87. The van der Waals surface area contributed by atoms with Crippen LogP contribution in [0.25, 0.3) is 0 Å². The Morgan fingerprint density at radius 2 is 2.29 bits per heavy atom.